The lowest BCUT2D eigenvalue weighted by Crippen LogP contribution is -2.55. The smallest absolute Gasteiger partial charge is 0.410 e. The van der Waals surface area contributed by atoms with Gasteiger partial charge in [-0.2, -0.15) is 0 Å². The molecule has 2 amide bonds. The Morgan fingerprint density at radius 2 is 1.60 bits per heavy atom. The SMILES string of the molecule is CC(C)(C)OC(=O)N1CCN(C(=O)C(c2ccccc2F)C2(O)CCCCC2)CC1. The molecule has 1 N–H and O–H groups in total. The molecule has 0 spiro atoms. The fourth-order valence-corrected chi connectivity index (χ4v) is 4.43. The molecule has 3 rings (SSSR count). The normalized spacial score (nSPS) is 20.6. The second-order valence-electron chi connectivity index (χ2n) is 9.41. The predicted octanol–water partition coefficient (Wildman–Crippen LogP) is 3.68. The van der Waals surface area contributed by atoms with Crippen LogP contribution in [-0.2, 0) is 9.53 Å². The van der Waals surface area contributed by atoms with E-state index in [0.717, 1.165) is 19.3 Å². The van der Waals surface area contributed by atoms with Gasteiger partial charge in [0.2, 0.25) is 5.91 Å². The van der Waals surface area contributed by atoms with Gasteiger partial charge in [-0.3, -0.25) is 4.79 Å². The van der Waals surface area contributed by atoms with E-state index in [1.54, 1.807) is 28.0 Å². The Hall–Kier alpha value is -2.15. The van der Waals surface area contributed by atoms with Gasteiger partial charge in [0, 0.05) is 31.7 Å². The highest BCUT2D eigenvalue weighted by atomic mass is 19.1. The summed E-state index contributed by atoms with van der Waals surface area (Å²) in [5, 5.41) is 11.4. The van der Waals surface area contributed by atoms with Crippen LogP contribution in [0.3, 0.4) is 0 Å². The fraction of sp³-hybridized carbons (Fsp3) is 0.652. The minimum atomic E-state index is -1.25. The molecule has 0 aromatic heterocycles. The van der Waals surface area contributed by atoms with Crippen molar-refractivity contribution in [2.24, 2.45) is 0 Å². The van der Waals surface area contributed by atoms with Gasteiger partial charge in [-0.05, 0) is 39.7 Å². The molecule has 7 heteroatoms. The molecule has 1 unspecified atom stereocenters. The zero-order valence-corrected chi connectivity index (χ0v) is 18.2. The van der Waals surface area contributed by atoms with E-state index in [1.807, 2.05) is 20.8 Å². The minimum absolute atomic E-state index is 0.251. The van der Waals surface area contributed by atoms with Gasteiger partial charge in [0.25, 0.3) is 0 Å². The van der Waals surface area contributed by atoms with Crippen LogP contribution in [0.1, 0.15) is 64.4 Å². The van der Waals surface area contributed by atoms with Crippen LogP contribution in [0, 0.1) is 5.82 Å². The number of benzene rings is 1. The van der Waals surface area contributed by atoms with Crippen molar-refractivity contribution < 1.29 is 23.8 Å². The number of rotatable bonds is 3. The van der Waals surface area contributed by atoms with Crippen LogP contribution in [0.2, 0.25) is 0 Å². The maximum absolute atomic E-state index is 14.7. The van der Waals surface area contributed by atoms with E-state index in [0.29, 0.717) is 39.0 Å². The summed E-state index contributed by atoms with van der Waals surface area (Å²) in [6, 6.07) is 6.22. The zero-order chi connectivity index (χ0) is 21.9. The number of nitrogens with zero attached hydrogens (tertiary/aromatic N) is 2. The third-order valence-electron chi connectivity index (χ3n) is 5.96. The van der Waals surface area contributed by atoms with Gasteiger partial charge < -0.3 is 19.6 Å². The Balaban J connectivity index is 1.76. The topological polar surface area (TPSA) is 70.1 Å². The van der Waals surface area contributed by atoms with Gasteiger partial charge in [0.1, 0.15) is 11.4 Å². The Kier molecular flexibility index (Phi) is 6.70. The number of carbonyl (C=O) groups is 2. The molecule has 0 bridgehead atoms. The highest BCUT2D eigenvalue weighted by Crippen LogP contribution is 2.42. The number of aliphatic hydroxyl groups is 1. The molecule has 1 heterocycles. The van der Waals surface area contributed by atoms with Crippen molar-refractivity contribution in [2.75, 3.05) is 26.2 Å². The van der Waals surface area contributed by atoms with Crippen molar-refractivity contribution in [3.8, 4) is 0 Å². The van der Waals surface area contributed by atoms with E-state index in [9.17, 15) is 19.1 Å². The first-order chi connectivity index (χ1) is 14.1. The van der Waals surface area contributed by atoms with Crippen LogP contribution < -0.4 is 0 Å². The Bertz CT molecular complexity index is 763. The summed E-state index contributed by atoms with van der Waals surface area (Å²) in [6.45, 7) is 6.81. The summed E-state index contributed by atoms with van der Waals surface area (Å²) in [6.07, 6.45) is 3.22. The third-order valence-corrected chi connectivity index (χ3v) is 5.96. The Morgan fingerprint density at radius 3 is 2.17 bits per heavy atom. The van der Waals surface area contributed by atoms with Crippen LogP contribution in [0.15, 0.2) is 24.3 Å². The lowest BCUT2D eigenvalue weighted by molar-refractivity contribution is -0.143. The van der Waals surface area contributed by atoms with Gasteiger partial charge in [-0.1, -0.05) is 37.5 Å². The van der Waals surface area contributed by atoms with Gasteiger partial charge in [0.15, 0.2) is 0 Å². The Morgan fingerprint density at radius 1 is 1.03 bits per heavy atom. The molecular formula is C23H33FN2O4. The molecule has 1 saturated heterocycles. The average Bonchev–Trinajstić information content (AvgIpc) is 2.69. The number of carbonyl (C=O) groups excluding carboxylic acids is 2. The minimum Gasteiger partial charge on any atom is -0.444 e. The lowest BCUT2D eigenvalue weighted by Gasteiger charge is -2.43. The van der Waals surface area contributed by atoms with E-state index in [4.69, 9.17) is 4.74 Å². The van der Waals surface area contributed by atoms with Crippen molar-refractivity contribution >= 4 is 12.0 Å². The van der Waals surface area contributed by atoms with Crippen LogP contribution in [-0.4, -0.2) is 64.3 Å². The van der Waals surface area contributed by atoms with Crippen LogP contribution in [0.25, 0.3) is 0 Å². The number of halogens is 1. The third kappa shape index (κ3) is 5.12. The van der Waals surface area contributed by atoms with Crippen molar-refractivity contribution in [1.82, 2.24) is 9.80 Å². The number of amides is 2. The maximum Gasteiger partial charge on any atom is 0.410 e. The van der Waals surface area contributed by atoms with Gasteiger partial charge in [-0.25, -0.2) is 9.18 Å². The van der Waals surface area contributed by atoms with E-state index in [1.165, 1.54) is 6.07 Å². The van der Waals surface area contributed by atoms with Crippen molar-refractivity contribution in [3.05, 3.63) is 35.6 Å². The monoisotopic (exact) mass is 420 g/mol. The second kappa shape index (κ2) is 8.92. The van der Waals surface area contributed by atoms with Crippen LogP contribution >= 0.6 is 0 Å². The summed E-state index contributed by atoms with van der Waals surface area (Å²) < 4.78 is 20.1. The Labute approximate surface area is 178 Å². The molecule has 2 aliphatic rings. The number of ether oxygens (including phenoxy) is 1. The molecule has 30 heavy (non-hydrogen) atoms. The first kappa shape index (κ1) is 22.5. The first-order valence-corrected chi connectivity index (χ1v) is 10.8. The van der Waals surface area contributed by atoms with E-state index in [2.05, 4.69) is 0 Å². The second-order valence-corrected chi connectivity index (χ2v) is 9.41. The van der Waals surface area contributed by atoms with Gasteiger partial charge >= 0.3 is 6.09 Å². The largest absolute Gasteiger partial charge is 0.444 e. The summed E-state index contributed by atoms with van der Waals surface area (Å²) >= 11 is 0. The number of hydrogen-bond acceptors (Lipinski definition) is 4. The van der Waals surface area contributed by atoms with E-state index < -0.39 is 29.0 Å². The molecule has 1 aliphatic heterocycles. The molecule has 0 radical (unpaired) electrons. The average molecular weight is 421 g/mol. The lowest BCUT2D eigenvalue weighted by atomic mass is 9.72. The molecule has 1 saturated carbocycles. The standard InChI is InChI=1S/C23H33FN2O4/c1-22(2,3)30-21(28)26-15-13-25(14-16-26)20(27)19(17-9-5-6-10-18(17)24)23(29)11-7-4-8-12-23/h5-6,9-10,19,29H,4,7-8,11-16H2,1-3H3. The fourth-order valence-electron chi connectivity index (χ4n) is 4.43. The summed E-state index contributed by atoms with van der Waals surface area (Å²) in [4.78, 5) is 29.1. The number of piperazine rings is 1. The summed E-state index contributed by atoms with van der Waals surface area (Å²) in [7, 11) is 0. The molecule has 6 nitrogen and oxygen atoms in total. The van der Waals surface area contributed by atoms with Crippen molar-refractivity contribution in [1.29, 1.82) is 0 Å². The zero-order valence-electron chi connectivity index (χ0n) is 18.2. The predicted molar refractivity (Wildman–Crippen MR) is 112 cm³/mol. The van der Waals surface area contributed by atoms with E-state index >= 15 is 0 Å². The molecular weight excluding hydrogens is 387 g/mol. The first-order valence-electron chi connectivity index (χ1n) is 10.8. The molecule has 1 aromatic rings. The summed E-state index contributed by atoms with van der Waals surface area (Å²) in [5.74, 6) is -1.68. The maximum atomic E-state index is 14.7. The highest BCUT2D eigenvalue weighted by Gasteiger charge is 2.46. The molecule has 1 atom stereocenters. The van der Waals surface area contributed by atoms with Crippen LogP contribution in [0.4, 0.5) is 9.18 Å². The summed E-state index contributed by atoms with van der Waals surface area (Å²) in [5.41, 5.74) is -1.58. The molecule has 1 aliphatic carbocycles. The van der Waals surface area contributed by atoms with Crippen molar-refractivity contribution in [3.63, 3.8) is 0 Å². The number of hydrogen-bond donors (Lipinski definition) is 1. The quantitative estimate of drug-likeness (QED) is 0.810. The molecule has 166 valence electrons. The van der Waals surface area contributed by atoms with Gasteiger partial charge in [-0.15, -0.1) is 0 Å². The highest BCUT2D eigenvalue weighted by molar-refractivity contribution is 5.85. The van der Waals surface area contributed by atoms with Crippen LogP contribution in [0.5, 0.6) is 0 Å². The van der Waals surface area contributed by atoms with Crippen molar-refractivity contribution in [2.45, 2.75) is 70.0 Å². The molecule has 1 aromatic carbocycles. The van der Waals surface area contributed by atoms with E-state index in [-0.39, 0.29) is 11.5 Å². The van der Waals surface area contributed by atoms with Gasteiger partial charge in [0.05, 0.1) is 11.5 Å². The molecule has 2 fully saturated rings.